The third-order valence-corrected chi connectivity index (χ3v) is 7.35. The van der Waals surface area contributed by atoms with Crippen molar-refractivity contribution in [2.45, 2.75) is 38.7 Å². The lowest BCUT2D eigenvalue weighted by Gasteiger charge is -2.56. The van der Waals surface area contributed by atoms with Crippen molar-refractivity contribution in [2.24, 2.45) is 11.3 Å². The van der Waals surface area contributed by atoms with E-state index in [1.54, 1.807) is 25.1 Å². The van der Waals surface area contributed by atoms with Crippen LogP contribution >= 0.6 is 11.3 Å². The number of amides is 1. The summed E-state index contributed by atoms with van der Waals surface area (Å²) in [5.74, 6) is -0.216. The van der Waals surface area contributed by atoms with Gasteiger partial charge in [0.25, 0.3) is 11.1 Å². The van der Waals surface area contributed by atoms with Gasteiger partial charge in [-0.1, -0.05) is 11.2 Å². The molecule has 5 rings (SSSR count). The summed E-state index contributed by atoms with van der Waals surface area (Å²) in [5, 5.41) is 20.9. The maximum absolute atomic E-state index is 14.7. The van der Waals surface area contributed by atoms with Gasteiger partial charge in [-0.15, -0.1) is 5.10 Å². The van der Waals surface area contributed by atoms with Gasteiger partial charge in [0.05, 0.1) is 30.9 Å². The summed E-state index contributed by atoms with van der Waals surface area (Å²) < 4.78 is 25.8. The largest absolute Gasteiger partial charge is 0.496 e. The van der Waals surface area contributed by atoms with Crippen LogP contribution in [0.25, 0.3) is 11.1 Å². The molecule has 1 spiro atoms. The molecule has 0 unspecified atom stereocenters. The van der Waals surface area contributed by atoms with E-state index in [4.69, 9.17) is 9.47 Å². The Hall–Kier alpha value is -3.11. The highest BCUT2D eigenvalue weighted by Gasteiger charge is 2.52. The monoisotopic (exact) mass is 484 g/mol. The van der Waals surface area contributed by atoms with Crippen molar-refractivity contribution >= 4 is 22.4 Å². The lowest BCUT2D eigenvalue weighted by atomic mass is 9.51. The summed E-state index contributed by atoms with van der Waals surface area (Å²) >= 11 is 1.13. The molecule has 3 aromatic rings. The minimum atomic E-state index is -0.500. The maximum Gasteiger partial charge on any atom is 0.295 e. The number of benzene rings is 1. The van der Waals surface area contributed by atoms with Crippen LogP contribution in [-0.4, -0.2) is 46.0 Å². The maximum atomic E-state index is 14.7. The number of aryl methyl sites for hydroxylation is 1. The Morgan fingerprint density at radius 2 is 2.09 bits per heavy atom. The van der Waals surface area contributed by atoms with Gasteiger partial charge < -0.3 is 14.6 Å². The van der Waals surface area contributed by atoms with Crippen LogP contribution in [-0.2, 0) is 0 Å². The number of aliphatic hydroxyl groups excluding tert-OH is 1. The average molecular weight is 485 g/mol. The van der Waals surface area contributed by atoms with Gasteiger partial charge in [-0.2, -0.15) is 0 Å². The van der Waals surface area contributed by atoms with Crippen LogP contribution in [0.15, 0.2) is 30.5 Å². The zero-order chi connectivity index (χ0) is 23.9. The van der Waals surface area contributed by atoms with Crippen LogP contribution in [0.5, 0.6) is 10.9 Å². The predicted molar refractivity (Wildman–Crippen MR) is 125 cm³/mol. The van der Waals surface area contributed by atoms with Crippen molar-refractivity contribution in [3.63, 3.8) is 0 Å². The molecule has 34 heavy (non-hydrogen) atoms. The predicted octanol–water partition coefficient (Wildman–Crippen LogP) is 4.24. The molecule has 2 N–H and O–H groups in total. The van der Waals surface area contributed by atoms with E-state index in [0.717, 1.165) is 37.0 Å². The fraction of sp³-hybridized carbons (Fsp3) is 0.417. The molecule has 1 amide bonds. The number of carbonyl (C=O) groups is 1. The number of aliphatic hydroxyl groups is 1. The zero-order valence-corrected chi connectivity index (χ0v) is 19.7. The van der Waals surface area contributed by atoms with Gasteiger partial charge in [0.2, 0.25) is 5.13 Å². The molecule has 2 heterocycles. The zero-order valence-electron chi connectivity index (χ0n) is 18.9. The summed E-state index contributed by atoms with van der Waals surface area (Å²) in [6.07, 6.45) is 5.19. The fourth-order valence-corrected chi connectivity index (χ4v) is 5.71. The van der Waals surface area contributed by atoms with Gasteiger partial charge >= 0.3 is 0 Å². The van der Waals surface area contributed by atoms with Gasteiger partial charge in [0.15, 0.2) is 0 Å². The van der Waals surface area contributed by atoms with E-state index >= 15 is 0 Å². The number of halogens is 1. The van der Waals surface area contributed by atoms with E-state index in [1.807, 2.05) is 0 Å². The molecule has 2 saturated carbocycles. The molecule has 2 aliphatic carbocycles. The molecular formula is C24H25FN4O4S. The second-order valence-electron chi connectivity index (χ2n) is 9.16. The number of pyridine rings is 1. The third kappa shape index (κ3) is 4.35. The number of nitrogens with one attached hydrogen (secondary N) is 1. The molecule has 0 saturated heterocycles. The number of nitrogens with zero attached hydrogens (tertiary/aromatic N) is 3. The molecule has 0 radical (unpaired) electrons. The van der Waals surface area contributed by atoms with Crippen LogP contribution in [0, 0.1) is 24.1 Å². The highest BCUT2D eigenvalue weighted by atomic mass is 32.1. The smallest absolute Gasteiger partial charge is 0.295 e. The minimum Gasteiger partial charge on any atom is -0.496 e. The van der Waals surface area contributed by atoms with E-state index in [1.165, 1.54) is 19.4 Å². The van der Waals surface area contributed by atoms with Gasteiger partial charge in [-0.25, -0.2) is 4.39 Å². The van der Waals surface area contributed by atoms with Crippen LogP contribution in [0.4, 0.5) is 9.52 Å². The molecule has 178 valence electrons. The van der Waals surface area contributed by atoms with Gasteiger partial charge in [-0.3, -0.25) is 15.1 Å². The quantitative estimate of drug-likeness (QED) is 0.517. The van der Waals surface area contributed by atoms with Gasteiger partial charge in [0, 0.05) is 17.5 Å². The summed E-state index contributed by atoms with van der Waals surface area (Å²) in [4.78, 5) is 17.3. The fourth-order valence-electron chi connectivity index (χ4n) is 5.11. The Kier molecular flexibility index (Phi) is 5.95. The van der Waals surface area contributed by atoms with Crippen LogP contribution in [0.1, 0.15) is 41.7 Å². The molecule has 0 aliphatic heterocycles. The average Bonchev–Trinajstić information content (AvgIpc) is 3.21. The Labute approximate surface area is 200 Å². The summed E-state index contributed by atoms with van der Waals surface area (Å²) in [6.45, 7) is 2.31. The molecule has 2 aliphatic rings. The highest BCUT2D eigenvalue weighted by molar-refractivity contribution is 7.17. The van der Waals surface area contributed by atoms with Crippen molar-refractivity contribution in [2.75, 3.05) is 19.0 Å². The van der Waals surface area contributed by atoms with Crippen molar-refractivity contribution in [3.05, 3.63) is 47.5 Å². The standard InChI is InChI=1S/C24H25FN4O4S/c1-13-6-16(20-18(25)4-3-5-19(20)32-2)17(11-26-13)21(31)27-22-28-29-23(34-22)33-12-14-7-24(8-14)9-15(30)10-24/h3-6,11,14-15,30H,7-10,12H2,1-2H3,(H,27,28,31). The van der Waals surface area contributed by atoms with Gasteiger partial charge in [-0.05, 0) is 73.5 Å². The summed E-state index contributed by atoms with van der Waals surface area (Å²) in [6, 6.07) is 6.16. The lowest BCUT2D eigenvalue weighted by molar-refractivity contribution is -0.118. The number of aromatic nitrogens is 3. The summed E-state index contributed by atoms with van der Waals surface area (Å²) in [5.41, 5.74) is 1.72. The molecule has 0 atom stereocenters. The number of carbonyl (C=O) groups excluding carboxylic acids is 1. The Bertz CT molecular complexity index is 1220. The van der Waals surface area contributed by atoms with Crippen molar-refractivity contribution in [1.29, 1.82) is 0 Å². The SMILES string of the molecule is COc1cccc(F)c1-c1cc(C)ncc1C(=O)Nc1nnc(OCC2CC3(CC(O)C3)C2)s1. The molecule has 0 bridgehead atoms. The molecular weight excluding hydrogens is 459 g/mol. The lowest BCUT2D eigenvalue weighted by Crippen LogP contribution is -2.51. The van der Waals surface area contributed by atoms with Crippen LogP contribution in [0.3, 0.4) is 0 Å². The molecule has 2 aromatic heterocycles. The van der Waals surface area contributed by atoms with Crippen molar-refractivity contribution in [1.82, 2.24) is 15.2 Å². The molecule has 1 aromatic carbocycles. The first-order valence-electron chi connectivity index (χ1n) is 11.1. The van der Waals surface area contributed by atoms with Crippen LogP contribution < -0.4 is 14.8 Å². The Morgan fingerprint density at radius 1 is 1.29 bits per heavy atom. The number of hydrogen-bond acceptors (Lipinski definition) is 8. The second kappa shape index (κ2) is 8.92. The number of hydrogen-bond donors (Lipinski definition) is 2. The molecule has 10 heteroatoms. The normalized spacial score (nSPS) is 23.2. The van der Waals surface area contributed by atoms with Gasteiger partial charge in [0.1, 0.15) is 11.6 Å². The van der Waals surface area contributed by atoms with E-state index in [9.17, 15) is 14.3 Å². The van der Waals surface area contributed by atoms with E-state index < -0.39 is 11.7 Å². The number of anilines is 1. The molecule has 8 nitrogen and oxygen atoms in total. The van der Waals surface area contributed by atoms with Crippen molar-refractivity contribution < 1.29 is 23.8 Å². The Balaban J connectivity index is 1.26. The second-order valence-corrected chi connectivity index (χ2v) is 10.1. The van der Waals surface area contributed by atoms with Crippen LogP contribution in [0.2, 0.25) is 0 Å². The van der Waals surface area contributed by atoms with E-state index in [2.05, 4.69) is 20.5 Å². The molecule has 2 fully saturated rings. The third-order valence-electron chi connectivity index (χ3n) is 6.60. The number of methoxy groups -OCH3 is 1. The first-order chi connectivity index (χ1) is 16.4. The topological polar surface area (TPSA) is 106 Å². The minimum absolute atomic E-state index is 0.139. The van der Waals surface area contributed by atoms with E-state index in [0.29, 0.717) is 40.1 Å². The Morgan fingerprint density at radius 3 is 2.82 bits per heavy atom. The summed E-state index contributed by atoms with van der Waals surface area (Å²) in [7, 11) is 1.45. The number of ether oxygens (including phenoxy) is 2. The van der Waals surface area contributed by atoms with E-state index in [-0.39, 0.29) is 22.4 Å². The number of rotatable bonds is 7. The highest BCUT2D eigenvalue weighted by Crippen LogP contribution is 2.58. The van der Waals surface area contributed by atoms with Crippen molar-refractivity contribution in [3.8, 4) is 22.1 Å². The first kappa shape index (κ1) is 22.7. The first-order valence-corrected chi connectivity index (χ1v) is 11.9.